The van der Waals surface area contributed by atoms with Crippen LogP contribution < -0.4 is 14.2 Å². The fourth-order valence-corrected chi connectivity index (χ4v) is 2.09. The van der Waals surface area contributed by atoms with Crippen molar-refractivity contribution in [3.8, 4) is 34.3 Å². The zero-order valence-electron chi connectivity index (χ0n) is 13.6. The first kappa shape index (κ1) is 17.7. The molecule has 1 heterocycles. The summed E-state index contributed by atoms with van der Waals surface area (Å²) < 4.78 is 16.1. The second-order valence-corrected chi connectivity index (χ2v) is 4.59. The normalized spacial score (nSPS) is 9.36. The van der Waals surface area contributed by atoms with Crippen LogP contribution in [0.15, 0.2) is 48.7 Å². The average molecular weight is 341 g/mol. The predicted molar refractivity (Wildman–Crippen MR) is 86.4 cm³/mol. The van der Waals surface area contributed by atoms with Crippen LogP contribution in [-0.4, -0.2) is 35.8 Å². The molecule has 1 N–H and O–H groups in total. The molecule has 3 aromatic rings. The van der Waals surface area contributed by atoms with E-state index in [1.54, 1.807) is 14.2 Å². The third-order valence-corrected chi connectivity index (χ3v) is 3.19. The van der Waals surface area contributed by atoms with Crippen molar-refractivity contribution in [1.82, 2.24) is 15.4 Å². The third-order valence-electron chi connectivity index (χ3n) is 3.19. The lowest BCUT2D eigenvalue weighted by Crippen LogP contribution is -1.91. The van der Waals surface area contributed by atoms with Gasteiger partial charge in [0.1, 0.15) is 11.9 Å². The van der Waals surface area contributed by atoms with Crippen LogP contribution in [0.25, 0.3) is 11.1 Å². The Labute approximate surface area is 143 Å². The number of methoxy groups -OCH3 is 2. The Bertz CT molecular complexity index is 826. The summed E-state index contributed by atoms with van der Waals surface area (Å²) in [6, 6.07) is 13.5. The molecular formula is C17H15N3O5. The first-order chi connectivity index (χ1) is 12.2. The van der Waals surface area contributed by atoms with Gasteiger partial charge >= 0.3 is 6.15 Å². The lowest BCUT2D eigenvalue weighted by molar-refractivity contribution is -0.191. The standard InChI is InChI=1S/C16H15N3O3.CO2/c1-20-14-8-5-12(9-15(14)21-2)11-3-6-13(7-4-11)22-16-10-17-19-18-16;2-1-3/h3-10H,1-2H3,(H,17,18,19);. The largest absolute Gasteiger partial charge is 0.493 e. The molecule has 0 amide bonds. The predicted octanol–water partition coefficient (Wildman–Crippen LogP) is 2.70. The van der Waals surface area contributed by atoms with Crippen molar-refractivity contribution in [2.24, 2.45) is 0 Å². The SMILES string of the molecule is COc1ccc(-c2ccc(Oc3cn[nH]n3)cc2)cc1OC.O=C=O. The maximum absolute atomic E-state index is 8.12. The van der Waals surface area contributed by atoms with E-state index in [4.69, 9.17) is 23.8 Å². The lowest BCUT2D eigenvalue weighted by atomic mass is 10.1. The first-order valence-electron chi connectivity index (χ1n) is 7.07. The number of carbonyl (C=O) groups excluding carboxylic acids is 2. The van der Waals surface area contributed by atoms with Gasteiger partial charge in [0.2, 0.25) is 0 Å². The minimum Gasteiger partial charge on any atom is -0.493 e. The smallest absolute Gasteiger partial charge is 0.373 e. The second kappa shape index (κ2) is 8.85. The van der Waals surface area contributed by atoms with Crippen LogP contribution in [0.3, 0.4) is 0 Å². The van der Waals surface area contributed by atoms with Crippen molar-refractivity contribution in [2.75, 3.05) is 14.2 Å². The zero-order chi connectivity index (χ0) is 18.1. The van der Waals surface area contributed by atoms with Gasteiger partial charge in [0.25, 0.3) is 5.88 Å². The van der Waals surface area contributed by atoms with Crippen molar-refractivity contribution in [1.29, 1.82) is 0 Å². The number of aromatic nitrogens is 3. The number of nitrogens with one attached hydrogen (secondary N) is 1. The van der Waals surface area contributed by atoms with E-state index in [2.05, 4.69) is 15.4 Å². The van der Waals surface area contributed by atoms with Crippen LogP contribution in [-0.2, 0) is 9.59 Å². The summed E-state index contributed by atoms with van der Waals surface area (Å²) in [5.74, 6) is 2.53. The number of benzene rings is 2. The Morgan fingerprint density at radius 1 is 0.920 bits per heavy atom. The van der Waals surface area contributed by atoms with Crippen molar-refractivity contribution in [2.45, 2.75) is 0 Å². The van der Waals surface area contributed by atoms with Crippen LogP contribution in [0.2, 0.25) is 0 Å². The number of hydrogen-bond donors (Lipinski definition) is 1. The highest BCUT2D eigenvalue weighted by Gasteiger charge is 2.07. The first-order valence-corrected chi connectivity index (χ1v) is 7.07. The molecule has 8 nitrogen and oxygen atoms in total. The second-order valence-electron chi connectivity index (χ2n) is 4.59. The molecular weight excluding hydrogens is 326 g/mol. The number of hydrogen-bond acceptors (Lipinski definition) is 7. The molecule has 0 bridgehead atoms. The van der Waals surface area contributed by atoms with Crippen molar-refractivity contribution < 1.29 is 23.8 Å². The van der Waals surface area contributed by atoms with E-state index >= 15 is 0 Å². The Kier molecular flexibility index (Phi) is 6.27. The molecule has 0 aliphatic heterocycles. The van der Waals surface area contributed by atoms with Crippen LogP contribution in [0, 0.1) is 0 Å². The van der Waals surface area contributed by atoms with Gasteiger partial charge in [-0.25, -0.2) is 0 Å². The number of H-pyrrole nitrogens is 1. The highest BCUT2D eigenvalue weighted by Crippen LogP contribution is 2.33. The number of nitrogens with zero attached hydrogens (tertiary/aromatic N) is 2. The molecule has 8 heteroatoms. The van der Waals surface area contributed by atoms with Gasteiger partial charge in [-0.15, -0.1) is 5.10 Å². The average Bonchev–Trinajstić information content (AvgIpc) is 3.15. The molecule has 0 aliphatic rings. The zero-order valence-corrected chi connectivity index (χ0v) is 13.6. The molecule has 0 unspecified atom stereocenters. The Morgan fingerprint density at radius 2 is 1.56 bits per heavy atom. The Morgan fingerprint density at radius 3 is 2.12 bits per heavy atom. The van der Waals surface area contributed by atoms with Crippen LogP contribution in [0.1, 0.15) is 0 Å². The van der Waals surface area contributed by atoms with Gasteiger partial charge in [0.05, 0.1) is 14.2 Å². The lowest BCUT2D eigenvalue weighted by Gasteiger charge is -2.10. The van der Waals surface area contributed by atoms with E-state index in [0.717, 1.165) is 11.1 Å². The fourth-order valence-electron chi connectivity index (χ4n) is 2.09. The summed E-state index contributed by atoms with van der Waals surface area (Å²) in [6.45, 7) is 0. The minimum absolute atomic E-state index is 0.250. The van der Waals surface area contributed by atoms with Crippen LogP contribution >= 0.6 is 0 Å². The maximum atomic E-state index is 8.12. The molecule has 3 rings (SSSR count). The molecule has 0 radical (unpaired) electrons. The molecule has 2 aromatic carbocycles. The number of aromatic amines is 1. The maximum Gasteiger partial charge on any atom is 0.373 e. The molecule has 25 heavy (non-hydrogen) atoms. The van der Waals surface area contributed by atoms with Gasteiger partial charge in [-0.1, -0.05) is 18.2 Å². The van der Waals surface area contributed by atoms with Gasteiger partial charge in [0.15, 0.2) is 11.5 Å². The quantitative estimate of drug-likeness (QED) is 0.761. The van der Waals surface area contributed by atoms with Gasteiger partial charge in [-0.3, -0.25) is 0 Å². The van der Waals surface area contributed by atoms with Gasteiger partial charge in [0, 0.05) is 0 Å². The van der Waals surface area contributed by atoms with Crippen molar-refractivity contribution >= 4 is 6.15 Å². The van der Waals surface area contributed by atoms with E-state index in [-0.39, 0.29) is 6.15 Å². The van der Waals surface area contributed by atoms with Crippen molar-refractivity contribution in [3.05, 3.63) is 48.7 Å². The molecule has 128 valence electrons. The molecule has 1 aromatic heterocycles. The highest BCUT2D eigenvalue weighted by atomic mass is 16.5. The van der Waals surface area contributed by atoms with E-state index in [0.29, 0.717) is 23.1 Å². The molecule has 0 spiro atoms. The molecule has 0 saturated carbocycles. The Balaban J connectivity index is 0.000000701. The summed E-state index contributed by atoms with van der Waals surface area (Å²) in [6.07, 6.45) is 1.77. The minimum atomic E-state index is 0.250. The van der Waals surface area contributed by atoms with E-state index in [1.807, 2.05) is 42.5 Å². The van der Waals surface area contributed by atoms with E-state index in [9.17, 15) is 0 Å². The van der Waals surface area contributed by atoms with Gasteiger partial charge < -0.3 is 14.2 Å². The van der Waals surface area contributed by atoms with Crippen LogP contribution in [0.4, 0.5) is 0 Å². The summed E-state index contributed by atoms with van der Waals surface area (Å²) in [4.78, 5) is 16.2. The number of ether oxygens (including phenoxy) is 3. The van der Waals surface area contributed by atoms with E-state index < -0.39 is 0 Å². The van der Waals surface area contributed by atoms with Gasteiger partial charge in [-0.2, -0.15) is 19.9 Å². The Hall–Kier alpha value is -3.64. The van der Waals surface area contributed by atoms with E-state index in [1.165, 1.54) is 6.20 Å². The van der Waals surface area contributed by atoms with Crippen molar-refractivity contribution in [3.63, 3.8) is 0 Å². The molecule has 0 saturated heterocycles. The summed E-state index contributed by atoms with van der Waals surface area (Å²) in [5.41, 5.74) is 2.08. The molecule has 0 aliphatic carbocycles. The van der Waals surface area contributed by atoms with Crippen LogP contribution in [0.5, 0.6) is 23.1 Å². The summed E-state index contributed by atoms with van der Waals surface area (Å²) in [7, 11) is 3.24. The molecule has 0 atom stereocenters. The monoisotopic (exact) mass is 341 g/mol. The summed E-state index contributed by atoms with van der Waals surface area (Å²) >= 11 is 0. The fraction of sp³-hybridized carbons (Fsp3) is 0.118. The molecule has 0 fully saturated rings. The summed E-state index contributed by atoms with van der Waals surface area (Å²) in [5, 5.41) is 10.0. The van der Waals surface area contributed by atoms with Gasteiger partial charge in [-0.05, 0) is 35.4 Å². The third kappa shape index (κ3) is 4.66. The number of rotatable bonds is 5. The highest BCUT2D eigenvalue weighted by molar-refractivity contribution is 5.67. The topological polar surface area (TPSA) is 103 Å².